The van der Waals surface area contributed by atoms with Crippen LogP contribution in [0.25, 0.3) is 0 Å². The fourth-order valence-corrected chi connectivity index (χ4v) is 1.36. The number of methoxy groups -OCH3 is 1. The van der Waals surface area contributed by atoms with Crippen LogP contribution in [0.1, 0.15) is 6.92 Å². The lowest BCUT2D eigenvalue weighted by Crippen LogP contribution is -2.59. The first-order valence-electron chi connectivity index (χ1n) is 5.96. The highest BCUT2D eigenvalue weighted by atomic mass is 19.4. The predicted molar refractivity (Wildman–Crippen MR) is 69.9 cm³/mol. The molecule has 1 rings (SSSR count). The summed E-state index contributed by atoms with van der Waals surface area (Å²) in [6.45, 7) is 1.02. The van der Waals surface area contributed by atoms with Gasteiger partial charge in [-0.1, -0.05) is 0 Å². The molecule has 0 aliphatic heterocycles. The van der Waals surface area contributed by atoms with E-state index in [0.29, 0.717) is 6.92 Å². The van der Waals surface area contributed by atoms with Crippen LogP contribution in [0.5, 0.6) is 0 Å². The summed E-state index contributed by atoms with van der Waals surface area (Å²) in [6, 6.07) is 2.34. The van der Waals surface area contributed by atoms with Gasteiger partial charge in [-0.15, -0.1) is 0 Å². The molecule has 1 aromatic heterocycles. The van der Waals surface area contributed by atoms with Crippen molar-refractivity contribution in [3.63, 3.8) is 0 Å². The molecule has 0 spiro atoms. The van der Waals surface area contributed by atoms with Crippen LogP contribution in [0.2, 0.25) is 0 Å². The summed E-state index contributed by atoms with van der Waals surface area (Å²) in [5.41, 5.74) is 1.65. The van der Waals surface area contributed by atoms with E-state index in [4.69, 9.17) is 10.5 Å². The van der Waals surface area contributed by atoms with Gasteiger partial charge in [-0.05, 0) is 13.0 Å². The molecule has 1 unspecified atom stereocenters. The number of alkyl halides is 3. The molecule has 3 N–H and O–H groups in total. The number of ether oxygens (including phenoxy) is 1. The van der Waals surface area contributed by atoms with Crippen molar-refractivity contribution >= 4 is 11.6 Å². The zero-order valence-electron chi connectivity index (χ0n) is 11.5. The van der Waals surface area contributed by atoms with Crippen LogP contribution in [0, 0.1) is 0 Å². The zero-order valence-corrected chi connectivity index (χ0v) is 11.5. The number of aromatic nitrogens is 1. The number of nitrogens with zero attached hydrogens (tertiary/aromatic N) is 1. The van der Waals surface area contributed by atoms with E-state index in [-0.39, 0.29) is 24.4 Å². The third-order valence-corrected chi connectivity index (χ3v) is 2.84. The molecule has 0 saturated carbocycles. The lowest BCUT2D eigenvalue weighted by molar-refractivity contribution is -0.184. The molecule has 0 radical (unpaired) electrons. The largest absolute Gasteiger partial charge is 0.415 e. The Bertz CT molecular complexity index is 567. The number of halogens is 3. The molecular formula is C12H16F3N3O3. The van der Waals surface area contributed by atoms with Gasteiger partial charge in [0, 0.05) is 25.9 Å². The molecule has 0 fully saturated rings. The monoisotopic (exact) mass is 307 g/mol. The molecule has 0 bridgehead atoms. The van der Waals surface area contributed by atoms with Crippen molar-refractivity contribution in [1.29, 1.82) is 0 Å². The van der Waals surface area contributed by atoms with Gasteiger partial charge in [-0.2, -0.15) is 13.2 Å². The molecule has 1 amide bonds. The van der Waals surface area contributed by atoms with Gasteiger partial charge in [0.15, 0.2) is 5.54 Å². The number of hydrogen-bond donors (Lipinski definition) is 2. The minimum Gasteiger partial charge on any atom is -0.383 e. The third kappa shape index (κ3) is 4.05. The molecule has 0 aromatic carbocycles. The molecule has 1 atom stereocenters. The Morgan fingerprint density at radius 3 is 2.57 bits per heavy atom. The average Bonchev–Trinajstić information content (AvgIpc) is 2.37. The summed E-state index contributed by atoms with van der Waals surface area (Å²) in [5.74, 6) is -1.41. The van der Waals surface area contributed by atoms with Crippen molar-refractivity contribution in [1.82, 2.24) is 4.57 Å². The summed E-state index contributed by atoms with van der Waals surface area (Å²) < 4.78 is 43.9. The van der Waals surface area contributed by atoms with E-state index in [1.54, 1.807) is 0 Å². The Kier molecular flexibility index (Phi) is 5.13. The van der Waals surface area contributed by atoms with Gasteiger partial charge < -0.3 is 20.4 Å². The van der Waals surface area contributed by atoms with Crippen molar-refractivity contribution in [2.24, 2.45) is 5.73 Å². The molecule has 21 heavy (non-hydrogen) atoms. The van der Waals surface area contributed by atoms with Crippen molar-refractivity contribution in [2.45, 2.75) is 25.2 Å². The van der Waals surface area contributed by atoms with Crippen LogP contribution < -0.4 is 16.6 Å². The van der Waals surface area contributed by atoms with Gasteiger partial charge in [0.25, 0.3) is 11.5 Å². The standard InChI is InChI=1S/C12H16F3N3O3/c1-11(16,12(13,14)15)10(20)17-8-3-4-9(19)18(7-8)5-6-21-2/h3-4,7H,5-6,16H2,1-2H3,(H,17,20). The number of pyridine rings is 1. The van der Waals surface area contributed by atoms with Gasteiger partial charge in [-0.3, -0.25) is 9.59 Å². The van der Waals surface area contributed by atoms with Crippen LogP contribution >= 0.6 is 0 Å². The van der Waals surface area contributed by atoms with E-state index >= 15 is 0 Å². The maximum absolute atomic E-state index is 12.6. The van der Waals surface area contributed by atoms with Crippen LogP contribution in [-0.2, 0) is 16.1 Å². The molecule has 1 aromatic rings. The molecule has 1 heterocycles. The summed E-state index contributed by atoms with van der Waals surface area (Å²) in [6.07, 6.45) is -3.66. The minimum absolute atomic E-state index is 0.0385. The number of hydrogen-bond acceptors (Lipinski definition) is 4. The first kappa shape index (κ1) is 17.2. The highest BCUT2D eigenvalue weighted by Gasteiger charge is 2.53. The Labute approximate surface area is 118 Å². The number of rotatable bonds is 5. The van der Waals surface area contributed by atoms with Gasteiger partial charge in [-0.25, -0.2) is 0 Å². The van der Waals surface area contributed by atoms with Crippen LogP contribution in [0.3, 0.4) is 0 Å². The number of carbonyl (C=O) groups excluding carboxylic acids is 1. The lowest BCUT2D eigenvalue weighted by Gasteiger charge is -2.26. The highest BCUT2D eigenvalue weighted by Crippen LogP contribution is 2.28. The maximum atomic E-state index is 12.6. The molecule has 6 nitrogen and oxygen atoms in total. The molecular weight excluding hydrogens is 291 g/mol. The van der Waals surface area contributed by atoms with E-state index in [9.17, 15) is 22.8 Å². The quantitative estimate of drug-likeness (QED) is 0.839. The number of anilines is 1. The van der Waals surface area contributed by atoms with Crippen molar-refractivity contribution in [3.05, 3.63) is 28.7 Å². The number of carbonyl (C=O) groups is 1. The normalized spacial score (nSPS) is 14.6. The van der Waals surface area contributed by atoms with Gasteiger partial charge in [0.2, 0.25) is 0 Å². The average molecular weight is 307 g/mol. The van der Waals surface area contributed by atoms with E-state index in [1.165, 1.54) is 23.9 Å². The second kappa shape index (κ2) is 6.27. The van der Waals surface area contributed by atoms with Gasteiger partial charge in [0.05, 0.1) is 12.3 Å². The number of nitrogens with one attached hydrogen (secondary N) is 1. The summed E-state index contributed by atoms with van der Waals surface area (Å²) in [4.78, 5) is 23.1. The zero-order chi connectivity index (χ0) is 16.3. The summed E-state index contributed by atoms with van der Waals surface area (Å²) in [5, 5.41) is 2.05. The van der Waals surface area contributed by atoms with Gasteiger partial charge >= 0.3 is 6.18 Å². The molecule has 0 saturated heterocycles. The summed E-state index contributed by atoms with van der Waals surface area (Å²) >= 11 is 0. The van der Waals surface area contributed by atoms with Crippen molar-refractivity contribution in [3.8, 4) is 0 Å². The second-order valence-electron chi connectivity index (χ2n) is 4.60. The Morgan fingerprint density at radius 1 is 1.43 bits per heavy atom. The van der Waals surface area contributed by atoms with Crippen LogP contribution in [0.4, 0.5) is 18.9 Å². The van der Waals surface area contributed by atoms with Gasteiger partial charge in [0.1, 0.15) is 0 Å². The summed E-state index contributed by atoms with van der Waals surface area (Å²) in [7, 11) is 1.44. The van der Waals surface area contributed by atoms with E-state index in [1.807, 2.05) is 5.32 Å². The Balaban J connectivity index is 2.94. The van der Waals surface area contributed by atoms with Crippen LogP contribution in [-0.4, -0.2) is 35.9 Å². The lowest BCUT2D eigenvalue weighted by atomic mass is 10.0. The fourth-order valence-electron chi connectivity index (χ4n) is 1.36. The van der Waals surface area contributed by atoms with Crippen molar-refractivity contribution < 1.29 is 22.7 Å². The van der Waals surface area contributed by atoms with E-state index < -0.39 is 17.6 Å². The Hall–Kier alpha value is -1.87. The minimum atomic E-state index is -4.89. The molecule has 9 heteroatoms. The second-order valence-corrected chi connectivity index (χ2v) is 4.60. The third-order valence-electron chi connectivity index (χ3n) is 2.84. The predicted octanol–water partition coefficient (Wildman–Crippen LogP) is 0.713. The van der Waals surface area contributed by atoms with E-state index in [2.05, 4.69) is 0 Å². The van der Waals surface area contributed by atoms with Crippen LogP contribution in [0.15, 0.2) is 23.1 Å². The SMILES string of the molecule is COCCn1cc(NC(=O)C(C)(N)C(F)(F)F)ccc1=O. The Morgan fingerprint density at radius 2 is 2.05 bits per heavy atom. The molecule has 0 aliphatic rings. The smallest absolute Gasteiger partial charge is 0.383 e. The topological polar surface area (TPSA) is 86.3 Å². The fraction of sp³-hybridized carbons (Fsp3) is 0.500. The van der Waals surface area contributed by atoms with Crippen molar-refractivity contribution in [2.75, 3.05) is 19.0 Å². The number of nitrogens with two attached hydrogens (primary N) is 1. The van der Waals surface area contributed by atoms with E-state index in [0.717, 1.165) is 6.07 Å². The molecule has 118 valence electrons. The first-order valence-corrected chi connectivity index (χ1v) is 5.96. The molecule has 0 aliphatic carbocycles. The highest BCUT2D eigenvalue weighted by molar-refractivity contribution is 5.98. The number of amides is 1. The first-order chi connectivity index (χ1) is 9.59. The maximum Gasteiger partial charge on any atom is 0.415 e.